The minimum absolute atomic E-state index is 0.257. The van der Waals surface area contributed by atoms with E-state index in [1.807, 2.05) is 0 Å². The number of esters is 2. The average molecular weight is 568 g/mol. The first-order chi connectivity index (χ1) is 18.9. The Balaban J connectivity index is 1.53. The number of methoxy groups -OCH3 is 1. The molecule has 2 aliphatic rings. The molecule has 40 heavy (non-hydrogen) atoms. The zero-order valence-corrected chi connectivity index (χ0v) is 23.1. The fraction of sp³-hybridized carbons (Fsp3) is 0.321. The molecule has 0 bridgehead atoms. The summed E-state index contributed by atoms with van der Waals surface area (Å²) in [4.78, 5) is 63.6. The van der Waals surface area contributed by atoms with Gasteiger partial charge in [0.1, 0.15) is 29.2 Å². The summed E-state index contributed by atoms with van der Waals surface area (Å²) in [6, 6.07) is 11.7. The number of aliphatic carboxylic acids is 1. The van der Waals surface area contributed by atoms with Crippen LogP contribution in [-0.2, 0) is 23.9 Å². The van der Waals surface area contributed by atoms with E-state index in [2.05, 4.69) is 15.4 Å². The monoisotopic (exact) mass is 567 g/mol. The molecular weight excluding hydrogens is 538 g/mol. The lowest BCUT2D eigenvalue weighted by Crippen LogP contribution is -2.71. The maximum atomic E-state index is 13.5. The maximum absolute atomic E-state index is 13.5. The molecule has 2 amide bonds. The van der Waals surface area contributed by atoms with Gasteiger partial charge in [-0.1, -0.05) is 30.3 Å². The second-order valence-corrected chi connectivity index (χ2v) is 11.6. The topological polar surface area (TPSA) is 151 Å². The number of benzene rings is 2. The van der Waals surface area contributed by atoms with Gasteiger partial charge in [-0.3, -0.25) is 9.59 Å². The highest BCUT2D eigenvalue weighted by molar-refractivity contribution is 8.01. The normalized spacial score (nSPS) is 21.9. The lowest BCUT2D eigenvalue weighted by atomic mass is 9.95. The number of thioether (sulfide) groups is 1. The molecule has 11 nitrogen and oxygen atoms in total. The summed E-state index contributed by atoms with van der Waals surface area (Å²) in [7, 11) is 1.23. The number of fused-ring (bicyclic) bond motifs is 1. The fourth-order valence-corrected chi connectivity index (χ4v) is 6.28. The number of hydrogen-bond acceptors (Lipinski definition) is 9. The van der Waals surface area contributed by atoms with Crippen LogP contribution in [0.2, 0.25) is 0 Å². The molecule has 3 N–H and O–H groups in total. The summed E-state index contributed by atoms with van der Waals surface area (Å²) >= 11 is 1.31. The van der Waals surface area contributed by atoms with E-state index in [1.54, 1.807) is 63.2 Å². The number of carbonyl (C=O) groups excluding carboxylic acids is 4. The first-order valence-corrected chi connectivity index (χ1v) is 13.2. The molecule has 0 spiro atoms. The fourth-order valence-electron chi connectivity index (χ4n) is 4.66. The number of rotatable bonds is 9. The van der Waals surface area contributed by atoms with E-state index in [-0.39, 0.29) is 5.75 Å². The number of nitrogens with zero attached hydrogens (tertiary/aromatic N) is 1. The molecule has 2 aromatic rings. The third-order valence-electron chi connectivity index (χ3n) is 6.58. The molecule has 2 fully saturated rings. The molecule has 0 radical (unpaired) electrons. The van der Waals surface area contributed by atoms with E-state index in [0.717, 1.165) is 0 Å². The molecule has 2 saturated heterocycles. The number of amides is 2. The average Bonchev–Trinajstić information content (AvgIpc) is 3.18. The van der Waals surface area contributed by atoms with Crippen LogP contribution >= 0.6 is 11.8 Å². The molecule has 4 atom stereocenters. The SMILES string of the molecule is COC(=O)C=C(C)NC(C(=O)N[C@@H]1C(=O)N2[C@@H]1SC(C)(C)[C@@H]2C(=O)O)c1ccc(OC(=O)c2ccccc2)cc1. The second-order valence-electron chi connectivity index (χ2n) is 9.84. The summed E-state index contributed by atoms with van der Waals surface area (Å²) < 4.78 is 9.33. The molecule has 2 aliphatic heterocycles. The van der Waals surface area contributed by atoms with Crippen LogP contribution in [-0.4, -0.2) is 69.0 Å². The molecule has 2 aromatic carbocycles. The number of nitrogens with one attached hydrogen (secondary N) is 2. The number of carboxylic acids is 1. The van der Waals surface area contributed by atoms with E-state index in [1.165, 1.54) is 42.0 Å². The molecule has 210 valence electrons. The molecule has 2 heterocycles. The van der Waals surface area contributed by atoms with Crippen LogP contribution < -0.4 is 15.4 Å². The first-order valence-electron chi connectivity index (χ1n) is 12.4. The predicted molar refractivity (Wildman–Crippen MR) is 145 cm³/mol. The highest BCUT2D eigenvalue weighted by Crippen LogP contribution is 2.50. The van der Waals surface area contributed by atoms with E-state index in [4.69, 9.17) is 4.74 Å². The van der Waals surface area contributed by atoms with Crippen LogP contribution in [0.3, 0.4) is 0 Å². The van der Waals surface area contributed by atoms with E-state index in [9.17, 15) is 29.1 Å². The van der Waals surface area contributed by atoms with Gasteiger partial charge >= 0.3 is 17.9 Å². The van der Waals surface area contributed by atoms with Gasteiger partial charge in [0.15, 0.2) is 0 Å². The van der Waals surface area contributed by atoms with Crippen molar-refractivity contribution in [2.75, 3.05) is 7.11 Å². The Morgan fingerprint density at radius 1 is 1.07 bits per heavy atom. The highest BCUT2D eigenvalue weighted by Gasteiger charge is 2.64. The van der Waals surface area contributed by atoms with Crippen molar-refractivity contribution in [2.24, 2.45) is 0 Å². The van der Waals surface area contributed by atoms with Gasteiger partial charge in [0.25, 0.3) is 0 Å². The lowest BCUT2D eigenvalue weighted by Gasteiger charge is -2.44. The van der Waals surface area contributed by atoms with Gasteiger partial charge in [-0.25, -0.2) is 14.4 Å². The van der Waals surface area contributed by atoms with Crippen molar-refractivity contribution in [2.45, 2.75) is 49.0 Å². The van der Waals surface area contributed by atoms with Crippen LogP contribution in [0.4, 0.5) is 0 Å². The smallest absolute Gasteiger partial charge is 0.343 e. The molecule has 1 unspecified atom stereocenters. The molecule has 12 heteroatoms. The molecule has 0 aliphatic carbocycles. The van der Waals surface area contributed by atoms with Gasteiger partial charge in [-0.05, 0) is 50.6 Å². The third kappa shape index (κ3) is 5.81. The number of carboxylic acid groups (broad SMARTS) is 1. The standard InChI is InChI=1S/C28H29N3O8S/c1-15(14-19(32)38-4)29-20(16-10-12-18(13-11-16)39-27(37)17-8-6-5-7-9-17)23(33)30-21-24(34)31-22(26(35)36)28(2,3)40-25(21)31/h5-14,20-22,25,29H,1-4H3,(H,30,33)(H,35,36)/t20?,21-,22+,25-/m1/s1. The Morgan fingerprint density at radius 2 is 1.73 bits per heavy atom. The van der Waals surface area contributed by atoms with Crippen molar-refractivity contribution in [3.63, 3.8) is 0 Å². The summed E-state index contributed by atoms with van der Waals surface area (Å²) in [5.41, 5.74) is 1.17. The van der Waals surface area contributed by atoms with Crippen molar-refractivity contribution < 1.29 is 38.6 Å². The van der Waals surface area contributed by atoms with E-state index in [0.29, 0.717) is 16.8 Å². The highest BCUT2D eigenvalue weighted by atomic mass is 32.2. The van der Waals surface area contributed by atoms with Crippen molar-refractivity contribution in [3.8, 4) is 5.75 Å². The first kappa shape index (κ1) is 28.7. The Kier molecular flexibility index (Phi) is 8.19. The van der Waals surface area contributed by atoms with E-state index < -0.39 is 58.0 Å². The van der Waals surface area contributed by atoms with E-state index >= 15 is 0 Å². The molecule has 0 aromatic heterocycles. The van der Waals surface area contributed by atoms with Crippen molar-refractivity contribution in [1.82, 2.24) is 15.5 Å². The summed E-state index contributed by atoms with van der Waals surface area (Å²) in [5.74, 6) is -3.06. The quantitative estimate of drug-likeness (QED) is 0.178. The number of hydrogen-bond donors (Lipinski definition) is 3. The lowest BCUT2D eigenvalue weighted by molar-refractivity contribution is -0.161. The summed E-state index contributed by atoms with van der Waals surface area (Å²) in [5, 5.41) is 14.8. The van der Waals surface area contributed by atoms with Gasteiger partial charge in [0, 0.05) is 16.5 Å². The summed E-state index contributed by atoms with van der Waals surface area (Å²) in [6.45, 7) is 5.08. The molecule has 0 saturated carbocycles. The Labute approximate surface area is 234 Å². The molecule has 4 rings (SSSR count). The van der Waals surface area contributed by atoms with Gasteiger partial charge < -0.3 is 30.1 Å². The van der Waals surface area contributed by atoms with Gasteiger partial charge in [-0.2, -0.15) is 0 Å². The number of carbonyl (C=O) groups is 5. The zero-order valence-electron chi connectivity index (χ0n) is 22.2. The van der Waals surface area contributed by atoms with Crippen LogP contribution in [0, 0.1) is 0 Å². The minimum Gasteiger partial charge on any atom is -0.480 e. The summed E-state index contributed by atoms with van der Waals surface area (Å²) in [6.07, 6.45) is 1.18. The number of β-lactam (4-membered cyclic amide) rings is 1. The predicted octanol–water partition coefficient (Wildman–Crippen LogP) is 2.25. The Hall–Kier alpha value is -4.32. The Bertz CT molecular complexity index is 1360. The Morgan fingerprint density at radius 3 is 2.33 bits per heavy atom. The van der Waals surface area contributed by atoms with Crippen molar-refractivity contribution in [1.29, 1.82) is 0 Å². The van der Waals surface area contributed by atoms with Gasteiger partial charge in [0.05, 0.1) is 12.7 Å². The molecular formula is C28H29N3O8S. The van der Waals surface area contributed by atoms with Crippen molar-refractivity contribution >= 4 is 41.5 Å². The second kappa shape index (κ2) is 11.4. The zero-order chi connectivity index (χ0) is 29.2. The minimum atomic E-state index is -1.10. The van der Waals surface area contributed by atoms with Crippen LogP contribution in [0.1, 0.15) is 42.7 Å². The number of ether oxygens (including phenoxy) is 2. The van der Waals surface area contributed by atoms with Gasteiger partial charge in [0.2, 0.25) is 11.8 Å². The van der Waals surface area contributed by atoms with Crippen LogP contribution in [0.25, 0.3) is 0 Å². The van der Waals surface area contributed by atoms with Crippen LogP contribution in [0.15, 0.2) is 66.4 Å². The van der Waals surface area contributed by atoms with Crippen molar-refractivity contribution in [3.05, 3.63) is 77.5 Å². The largest absolute Gasteiger partial charge is 0.480 e. The van der Waals surface area contributed by atoms with Gasteiger partial charge in [-0.15, -0.1) is 11.8 Å². The number of allylic oxidation sites excluding steroid dienone is 1. The maximum Gasteiger partial charge on any atom is 0.343 e. The van der Waals surface area contributed by atoms with Crippen LogP contribution in [0.5, 0.6) is 5.75 Å². The third-order valence-corrected chi connectivity index (χ3v) is 8.15.